The number of likely N-dealkylation sites (tertiary alicyclic amines) is 1. The number of carboxylic acids is 1. The molecule has 2 rings (SSSR count). The number of piperidine rings is 1. The summed E-state index contributed by atoms with van der Waals surface area (Å²) in [5, 5.41) is 9.26. The summed E-state index contributed by atoms with van der Waals surface area (Å²) < 4.78 is 10.5. The Morgan fingerprint density at radius 1 is 1.25 bits per heavy atom. The van der Waals surface area contributed by atoms with Crippen LogP contribution in [-0.4, -0.2) is 48.7 Å². The predicted molar refractivity (Wildman–Crippen MR) is 89.5 cm³/mol. The lowest BCUT2D eigenvalue weighted by atomic mass is 10.0. The van der Waals surface area contributed by atoms with E-state index in [9.17, 15) is 14.7 Å². The first-order chi connectivity index (χ1) is 11.6. The minimum Gasteiger partial charge on any atom is -0.497 e. The van der Waals surface area contributed by atoms with Gasteiger partial charge in [0.25, 0.3) is 0 Å². The van der Waals surface area contributed by atoms with E-state index >= 15 is 0 Å². The average Bonchev–Trinajstić information content (AvgIpc) is 2.61. The van der Waals surface area contributed by atoms with Crippen molar-refractivity contribution in [2.75, 3.05) is 20.8 Å². The van der Waals surface area contributed by atoms with E-state index in [2.05, 4.69) is 0 Å². The molecule has 1 heterocycles. The molecule has 0 spiro atoms. The second-order valence-electron chi connectivity index (χ2n) is 5.97. The first-order valence-electron chi connectivity index (χ1n) is 8.30. The van der Waals surface area contributed by atoms with Crippen LogP contribution in [0.5, 0.6) is 11.5 Å². The van der Waals surface area contributed by atoms with Crippen molar-refractivity contribution in [1.29, 1.82) is 0 Å². The van der Waals surface area contributed by atoms with E-state index in [1.54, 1.807) is 14.2 Å². The van der Waals surface area contributed by atoms with E-state index in [-0.39, 0.29) is 5.91 Å². The average molecular weight is 335 g/mol. The Morgan fingerprint density at radius 3 is 2.71 bits per heavy atom. The zero-order valence-corrected chi connectivity index (χ0v) is 14.3. The number of carboxylic acid groups (broad SMARTS) is 1. The molecule has 1 aromatic carbocycles. The van der Waals surface area contributed by atoms with Gasteiger partial charge in [-0.25, -0.2) is 4.79 Å². The zero-order valence-electron chi connectivity index (χ0n) is 14.3. The van der Waals surface area contributed by atoms with Crippen LogP contribution in [-0.2, 0) is 16.0 Å². The second-order valence-corrected chi connectivity index (χ2v) is 5.97. The van der Waals surface area contributed by atoms with Crippen LogP contribution in [0.4, 0.5) is 0 Å². The highest BCUT2D eigenvalue weighted by atomic mass is 16.5. The van der Waals surface area contributed by atoms with Crippen LogP contribution < -0.4 is 9.47 Å². The number of aliphatic carboxylic acids is 1. The fraction of sp³-hybridized carbons (Fsp3) is 0.556. The lowest BCUT2D eigenvalue weighted by Gasteiger charge is -2.33. The second kappa shape index (κ2) is 8.57. The summed E-state index contributed by atoms with van der Waals surface area (Å²) in [6, 6.07) is 4.96. The molecule has 0 aliphatic carbocycles. The SMILES string of the molecule is COc1ccc(CCCC(=O)N2CCCCC2C(=O)O)c(OC)c1. The normalized spacial score (nSPS) is 17.4. The standard InChI is InChI=1S/C18H25NO5/c1-23-14-10-9-13(16(12-14)24-2)6-5-8-17(20)19-11-4-3-7-15(19)18(21)22/h9-10,12,15H,3-8,11H2,1-2H3,(H,21,22). The maximum atomic E-state index is 12.4. The lowest BCUT2D eigenvalue weighted by molar-refractivity contribution is -0.152. The first-order valence-corrected chi connectivity index (χ1v) is 8.30. The molecule has 1 aliphatic rings. The molecule has 1 aromatic rings. The molecular formula is C18H25NO5. The van der Waals surface area contributed by atoms with Crippen molar-refractivity contribution in [3.8, 4) is 11.5 Å². The van der Waals surface area contributed by atoms with E-state index in [1.807, 2.05) is 18.2 Å². The summed E-state index contributed by atoms with van der Waals surface area (Å²) in [5.41, 5.74) is 1.01. The lowest BCUT2D eigenvalue weighted by Crippen LogP contribution is -2.47. The topological polar surface area (TPSA) is 76.1 Å². The summed E-state index contributed by atoms with van der Waals surface area (Å²) in [4.78, 5) is 25.2. The van der Waals surface area contributed by atoms with E-state index in [0.717, 1.165) is 29.9 Å². The Kier molecular flexibility index (Phi) is 6.46. The zero-order chi connectivity index (χ0) is 17.5. The highest BCUT2D eigenvalue weighted by Gasteiger charge is 2.31. The van der Waals surface area contributed by atoms with Crippen molar-refractivity contribution in [3.05, 3.63) is 23.8 Å². The highest BCUT2D eigenvalue weighted by molar-refractivity contribution is 5.83. The number of aryl methyl sites for hydroxylation is 1. The summed E-state index contributed by atoms with van der Waals surface area (Å²) in [5.74, 6) is 0.488. The molecule has 1 atom stereocenters. The van der Waals surface area contributed by atoms with Crippen LogP contribution in [0.25, 0.3) is 0 Å². The van der Waals surface area contributed by atoms with Gasteiger partial charge in [-0.15, -0.1) is 0 Å². The summed E-state index contributed by atoms with van der Waals surface area (Å²) in [7, 11) is 3.21. The van der Waals surface area contributed by atoms with Gasteiger partial charge in [-0.1, -0.05) is 6.07 Å². The summed E-state index contributed by atoms with van der Waals surface area (Å²) in [6.45, 7) is 0.543. The maximum absolute atomic E-state index is 12.4. The third-order valence-electron chi connectivity index (χ3n) is 4.44. The Bertz CT molecular complexity index is 587. The molecular weight excluding hydrogens is 310 g/mol. The van der Waals surface area contributed by atoms with E-state index < -0.39 is 12.0 Å². The Morgan fingerprint density at radius 2 is 2.04 bits per heavy atom. The van der Waals surface area contributed by atoms with Gasteiger partial charge in [0.05, 0.1) is 14.2 Å². The number of amides is 1. The molecule has 1 amide bonds. The number of nitrogens with zero attached hydrogens (tertiary/aromatic N) is 1. The smallest absolute Gasteiger partial charge is 0.326 e. The fourth-order valence-corrected chi connectivity index (χ4v) is 3.12. The predicted octanol–water partition coefficient (Wildman–Crippen LogP) is 2.49. The van der Waals surface area contributed by atoms with Gasteiger partial charge in [-0.2, -0.15) is 0 Å². The van der Waals surface area contributed by atoms with Crippen molar-refractivity contribution in [2.45, 2.75) is 44.6 Å². The van der Waals surface area contributed by atoms with Crippen molar-refractivity contribution in [1.82, 2.24) is 4.90 Å². The Balaban J connectivity index is 1.91. The van der Waals surface area contributed by atoms with Crippen LogP contribution in [0.2, 0.25) is 0 Å². The molecule has 1 aliphatic heterocycles. The number of carbonyl (C=O) groups excluding carboxylic acids is 1. The molecule has 6 nitrogen and oxygen atoms in total. The number of benzene rings is 1. The van der Waals surface area contributed by atoms with E-state index in [4.69, 9.17) is 9.47 Å². The van der Waals surface area contributed by atoms with Gasteiger partial charge in [0.1, 0.15) is 17.5 Å². The third-order valence-corrected chi connectivity index (χ3v) is 4.44. The molecule has 1 unspecified atom stereocenters. The molecule has 24 heavy (non-hydrogen) atoms. The summed E-state index contributed by atoms with van der Waals surface area (Å²) >= 11 is 0. The number of rotatable bonds is 7. The van der Waals surface area contributed by atoms with Crippen molar-refractivity contribution in [2.24, 2.45) is 0 Å². The van der Waals surface area contributed by atoms with Crippen molar-refractivity contribution in [3.63, 3.8) is 0 Å². The molecule has 1 fully saturated rings. The molecule has 0 aromatic heterocycles. The molecule has 0 bridgehead atoms. The van der Waals surface area contributed by atoms with Gasteiger partial charge in [-0.05, 0) is 43.7 Å². The maximum Gasteiger partial charge on any atom is 0.326 e. The largest absolute Gasteiger partial charge is 0.497 e. The van der Waals surface area contributed by atoms with E-state index in [0.29, 0.717) is 32.2 Å². The Hall–Kier alpha value is -2.24. The van der Waals surface area contributed by atoms with Crippen LogP contribution in [0.15, 0.2) is 18.2 Å². The minimum atomic E-state index is -0.903. The Labute approximate surface area is 142 Å². The number of hydrogen-bond acceptors (Lipinski definition) is 4. The van der Waals surface area contributed by atoms with Crippen LogP contribution in [0.3, 0.4) is 0 Å². The van der Waals surface area contributed by atoms with Gasteiger partial charge in [0.2, 0.25) is 5.91 Å². The highest BCUT2D eigenvalue weighted by Crippen LogP contribution is 2.26. The molecule has 0 radical (unpaired) electrons. The van der Waals surface area contributed by atoms with Gasteiger partial charge >= 0.3 is 5.97 Å². The third kappa shape index (κ3) is 4.40. The monoisotopic (exact) mass is 335 g/mol. The summed E-state index contributed by atoms with van der Waals surface area (Å²) in [6.07, 6.45) is 3.99. The number of methoxy groups -OCH3 is 2. The van der Waals surface area contributed by atoms with Gasteiger partial charge in [-0.3, -0.25) is 4.79 Å². The minimum absolute atomic E-state index is 0.0745. The fourth-order valence-electron chi connectivity index (χ4n) is 3.12. The van der Waals surface area contributed by atoms with E-state index in [1.165, 1.54) is 4.90 Å². The van der Waals surface area contributed by atoms with Gasteiger partial charge < -0.3 is 19.5 Å². The van der Waals surface area contributed by atoms with Crippen molar-refractivity contribution >= 4 is 11.9 Å². The molecule has 1 saturated heterocycles. The number of hydrogen-bond donors (Lipinski definition) is 1. The van der Waals surface area contributed by atoms with Gasteiger partial charge in [0.15, 0.2) is 0 Å². The molecule has 1 N–H and O–H groups in total. The van der Waals surface area contributed by atoms with Crippen molar-refractivity contribution < 1.29 is 24.2 Å². The van der Waals surface area contributed by atoms with Gasteiger partial charge in [0, 0.05) is 19.0 Å². The number of carbonyl (C=O) groups is 2. The molecule has 132 valence electrons. The molecule has 0 saturated carbocycles. The number of ether oxygens (including phenoxy) is 2. The van der Waals surface area contributed by atoms with Crippen LogP contribution >= 0.6 is 0 Å². The quantitative estimate of drug-likeness (QED) is 0.828. The first kappa shape index (κ1) is 18.1. The molecule has 6 heteroatoms. The van der Waals surface area contributed by atoms with Crippen LogP contribution in [0, 0.1) is 0 Å². The van der Waals surface area contributed by atoms with Crippen LogP contribution in [0.1, 0.15) is 37.7 Å².